The molecule has 5 N–H and O–H groups in total. The highest BCUT2D eigenvalue weighted by Crippen LogP contribution is 2.27. The molecule has 0 aliphatic carbocycles. The van der Waals surface area contributed by atoms with E-state index >= 15 is 28.8 Å². The van der Waals surface area contributed by atoms with Gasteiger partial charge in [0.1, 0.15) is 66.5 Å². The number of carbonyl (C=O) groups excluding carboxylic acids is 11. The third-order valence-electron chi connectivity index (χ3n) is 18.5. The molecule has 26 heteroatoms. The third kappa shape index (κ3) is 24.8. The van der Waals surface area contributed by atoms with Crippen molar-refractivity contribution in [3.05, 3.63) is 12.2 Å². The smallest absolute Gasteiger partial charge is 0.246 e. The minimum Gasteiger partial charge on any atom is -0.390 e. The average molecular weight is 1380 g/mol. The van der Waals surface area contributed by atoms with E-state index in [0.717, 1.165) is 31.0 Å². The van der Waals surface area contributed by atoms with E-state index in [1.165, 1.54) is 104 Å². The summed E-state index contributed by atoms with van der Waals surface area (Å²) in [4.78, 5) is 176. The molecular weight excluding hydrogens is 1250 g/mol. The van der Waals surface area contributed by atoms with Crippen molar-refractivity contribution in [2.75, 3.05) is 93.7 Å². The number of ether oxygens (including phenoxy) is 1. The van der Waals surface area contributed by atoms with Crippen LogP contribution in [0.2, 0.25) is 0 Å². The number of hydrogen-bond donors (Lipinski definition) is 5. The molecule has 2 fully saturated rings. The maximum Gasteiger partial charge on any atom is 0.246 e. The molecule has 0 aromatic carbocycles. The molecule has 11 amide bonds. The number of nitrogens with zero attached hydrogens (tertiary/aromatic N) is 8. The van der Waals surface area contributed by atoms with Gasteiger partial charge in [0.05, 0.1) is 19.3 Å². The molecule has 0 bridgehead atoms. The zero-order chi connectivity index (χ0) is 73.5. The van der Waals surface area contributed by atoms with Crippen LogP contribution in [0.5, 0.6) is 0 Å². The lowest BCUT2D eigenvalue weighted by Gasteiger charge is -2.41. The number of hydrogen-bond acceptors (Lipinski definition) is 15. The van der Waals surface area contributed by atoms with E-state index in [2.05, 4.69) is 26.2 Å². The number of thioether (sulfide) groups is 1. The Kier molecular flexibility index (Phi) is 36.7. The highest BCUT2D eigenvalue weighted by molar-refractivity contribution is 7.99. The van der Waals surface area contributed by atoms with Gasteiger partial charge in [-0.3, -0.25) is 57.6 Å². The first kappa shape index (κ1) is 86.2. The van der Waals surface area contributed by atoms with Crippen LogP contribution in [0.1, 0.15) is 163 Å². The van der Waals surface area contributed by atoms with Gasteiger partial charge in [0, 0.05) is 68.2 Å². The molecule has 2 saturated heterocycles. The van der Waals surface area contributed by atoms with Gasteiger partial charge in [-0.05, 0) is 119 Å². The van der Waals surface area contributed by atoms with Crippen molar-refractivity contribution in [2.24, 2.45) is 41.4 Å². The predicted octanol–water partition coefficient (Wildman–Crippen LogP) is 4.09. The van der Waals surface area contributed by atoms with Crippen LogP contribution in [-0.4, -0.2) is 276 Å². The van der Waals surface area contributed by atoms with Crippen molar-refractivity contribution >= 4 is 76.7 Å². The summed E-state index contributed by atoms with van der Waals surface area (Å²) in [6.07, 6.45) is 3.75. The molecule has 0 saturated carbocycles. The molecule has 0 spiro atoms. The first-order valence-electron chi connectivity index (χ1n) is 35.0. The zero-order valence-corrected chi connectivity index (χ0v) is 63.7. The molecule has 550 valence electrons. The van der Waals surface area contributed by atoms with E-state index in [1.54, 1.807) is 47.6 Å². The van der Waals surface area contributed by atoms with Crippen molar-refractivity contribution < 1.29 is 62.6 Å². The standard InChI is InChI=1S/C70H126N12O13S/c1-25-27-29-47(15)59(83)58-63(87)73-50(26-2)65(89)79(22)55(40-96-35-28-30-82-31-33-95-34-32-82)68(92)75(18)52(37-42(5)6)62(86)74-56(45(11)12)69(93)76(19)51(36-41(3)4)61(85)71-48(16)60(84)72-49(17)64(88)77(20)53(38-43(7)8)66(90)78(21)54(39-44(9)10)67(91)80(23)57(46(13)14)70(94)81(58)24/h25,27,41-59,83H,26,28-40H2,1-24H3,(H,71,85)(H,72,84)(H,73,87)(H,74,86)/t47-,48-,49+,50-,51-,52+,53-,54-,55-,56-,57-,58-,59-/m1/s1. The minimum absolute atomic E-state index is 0.00840. The molecule has 0 unspecified atom stereocenters. The van der Waals surface area contributed by atoms with Crippen LogP contribution in [0.25, 0.3) is 0 Å². The molecule has 2 aliphatic heterocycles. The molecule has 2 rings (SSSR count). The molecule has 2 heterocycles. The average Bonchev–Trinajstić information content (AvgIpc) is 0.813. The fourth-order valence-corrected chi connectivity index (χ4v) is 13.5. The minimum atomic E-state index is -1.64. The normalized spacial score (nSPS) is 27.1. The molecule has 13 atom stereocenters. The Morgan fingerprint density at radius 3 is 1.40 bits per heavy atom. The summed E-state index contributed by atoms with van der Waals surface area (Å²) in [7, 11) is 10.1. The second kappa shape index (κ2) is 40.9. The van der Waals surface area contributed by atoms with E-state index in [-0.39, 0.29) is 61.5 Å². The van der Waals surface area contributed by atoms with Crippen molar-refractivity contribution in [3.63, 3.8) is 0 Å². The summed E-state index contributed by atoms with van der Waals surface area (Å²) < 4.78 is 5.54. The van der Waals surface area contributed by atoms with E-state index < -0.39 is 155 Å². The van der Waals surface area contributed by atoms with Gasteiger partial charge in [-0.2, -0.15) is 11.8 Å². The fraction of sp³-hybridized carbons (Fsp3) is 0.814. The summed E-state index contributed by atoms with van der Waals surface area (Å²) in [5, 5.41) is 23.6. The van der Waals surface area contributed by atoms with Crippen LogP contribution in [0.3, 0.4) is 0 Å². The molecule has 96 heavy (non-hydrogen) atoms. The van der Waals surface area contributed by atoms with Gasteiger partial charge in [0.2, 0.25) is 65.0 Å². The summed E-state index contributed by atoms with van der Waals surface area (Å²) in [5.74, 6) is -9.04. The second-order valence-corrected chi connectivity index (χ2v) is 30.3. The van der Waals surface area contributed by atoms with Gasteiger partial charge >= 0.3 is 0 Å². The third-order valence-corrected chi connectivity index (χ3v) is 19.7. The summed E-state index contributed by atoms with van der Waals surface area (Å²) in [6, 6.07) is -13.7. The highest BCUT2D eigenvalue weighted by Gasteiger charge is 2.46. The largest absolute Gasteiger partial charge is 0.390 e. The quantitative estimate of drug-likeness (QED) is 0.0799. The van der Waals surface area contributed by atoms with E-state index in [0.29, 0.717) is 25.4 Å². The Hall–Kier alpha value is -5.86. The van der Waals surface area contributed by atoms with Gasteiger partial charge in [-0.15, -0.1) is 0 Å². The van der Waals surface area contributed by atoms with Crippen LogP contribution >= 0.6 is 11.8 Å². The Morgan fingerprint density at radius 1 is 0.490 bits per heavy atom. The van der Waals surface area contributed by atoms with Crippen LogP contribution < -0.4 is 21.3 Å². The van der Waals surface area contributed by atoms with Crippen molar-refractivity contribution in [3.8, 4) is 0 Å². The fourth-order valence-electron chi connectivity index (χ4n) is 12.4. The topological polar surface area (TPSA) is 291 Å². The SMILES string of the molecule is CC=CC[C@@H](C)[C@@H](O)[C@@H]1C(=O)N[C@H](CC)C(=O)N(C)[C@H](CSCCCN2CCOCC2)C(=O)N(C)[C@@H](CC(C)C)C(=O)N[C@H](C(C)C)C(=O)N(C)[C@H](CC(C)C)C(=O)N[C@H](C)C(=O)N[C@@H](C)C(=O)N(C)[C@H](CC(C)C)C(=O)N(C)[C@H](CC(C)C)C(=O)N(C)[C@H](C(C)C)C(=O)N1C. The number of aliphatic hydroxyl groups is 1. The van der Waals surface area contributed by atoms with Crippen molar-refractivity contribution in [1.82, 2.24) is 60.5 Å². The Bertz CT molecular complexity index is 2600. The number of amides is 11. The predicted molar refractivity (Wildman–Crippen MR) is 377 cm³/mol. The van der Waals surface area contributed by atoms with Crippen molar-refractivity contribution in [2.45, 2.75) is 235 Å². The zero-order valence-electron chi connectivity index (χ0n) is 62.9. The van der Waals surface area contributed by atoms with E-state index in [9.17, 15) is 29.1 Å². The first-order valence-corrected chi connectivity index (χ1v) is 36.1. The van der Waals surface area contributed by atoms with Crippen LogP contribution in [0.4, 0.5) is 0 Å². The maximum atomic E-state index is 15.4. The molecule has 25 nitrogen and oxygen atoms in total. The number of carbonyl (C=O) groups is 11. The molecule has 0 aromatic rings. The van der Waals surface area contributed by atoms with Crippen LogP contribution in [-0.2, 0) is 57.5 Å². The number of likely N-dealkylation sites (N-methyl/N-ethyl adjacent to an activating group) is 7. The number of allylic oxidation sites excluding steroid dienone is 2. The number of rotatable bonds is 21. The van der Waals surface area contributed by atoms with Crippen molar-refractivity contribution in [1.29, 1.82) is 0 Å². The van der Waals surface area contributed by atoms with Gasteiger partial charge in [0.25, 0.3) is 0 Å². The molecule has 2 aliphatic rings. The Balaban J connectivity index is 3.08. The monoisotopic (exact) mass is 1370 g/mol. The molecule has 0 radical (unpaired) electrons. The summed E-state index contributed by atoms with van der Waals surface area (Å²) in [5.41, 5.74) is 0. The second-order valence-electron chi connectivity index (χ2n) is 29.2. The van der Waals surface area contributed by atoms with Crippen LogP contribution in [0.15, 0.2) is 12.2 Å². The van der Waals surface area contributed by atoms with Gasteiger partial charge in [-0.25, -0.2) is 0 Å². The number of morpholine rings is 1. The highest BCUT2D eigenvalue weighted by atomic mass is 32.2. The van der Waals surface area contributed by atoms with Gasteiger partial charge in [0.15, 0.2) is 0 Å². The lowest BCUT2D eigenvalue weighted by atomic mass is 9.91. The summed E-state index contributed by atoms with van der Waals surface area (Å²) >= 11 is 1.46. The molecular formula is C70H126N12O13S. The number of nitrogens with one attached hydrogen (secondary N) is 4. The van der Waals surface area contributed by atoms with Crippen LogP contribution in [0, 0.1) is 41.4 Å². The summed E-state index contributed by atoms with van der Waals surface area (Å²) in [6.45, 7) is 33.7. The Labute approximate surface area is 579 Å². The maximum absolute atomic E-state index is 15.4. The van der Waals surface area contributed by atoms with Gasteiger partial charge in [-0.1, -0.05) is 109 Å². The van der Waals surface area contributed by atoms with Gasteiger partial charge < -0.3 is 65.4 Å². The lowest BCUT2D eigenvalue weighted by molar-refractivity contribution is -0.157. The first-order chi connectivity index (χ1) is 44.7. The molecule has 0 aromatic heterocycles. The lowest BCUT2D eigenvalue weighted by Crippen LogP contribution is -2.64. The Morgan fingerprint density at radius 2 is 0.917 bits per heavy atom. The van der Waals surface area contributed by atoms with E-state index in [1.807, 2.05) is 68.4 Å². The van der Waals surface area contributed by atoms with E-state index in [4.69, 9.17) is 4.74 Å². The number of aliphatic hydroxyl groups excluding tert-OH is 1.